The van der Waals surface area contributed by atoms with E-state index in [9.17, 15) is 24.8 Å². The number of rotatable bonds is 5. The Kier molecular flexibility index (Phi) is 6.87. The van der Waals surface area contributed by atoms with Crippen LogP contribution in [0.1, 0.15) is 21.8 Å². The van der Waals surface area contributed by atoms with Crippen LogP contribution >= 0.6 is 0 Å². The number of phenolic OH excluding ortho intramolecular Hbond substituents is 1. The third-order valence-electron chi connectivity index (χ3n) is 5.25. The molecule has 0 saturated heterocycles. The second-order valence-corrected chi connectivity index (χ2v) is 7.03. The molecule has 0 spiro atoms. The maximum absolute atomic E-state index is 13.0. The Morgan fingerprint density at radius 1 is 0.971 bits per heavy atom. The van der Waals surface area contributed by atoms with Gasteiger partial charge in [0.2, 0.25) is 0 Å². The number of allylic oxidation sites excluding steroid dienone is 1. The summed E-state index contributed by atoms with van der Waals surface area (Å²) < 4.78 is 14.5. The largest absolute Gasteiger partial charge is 0.506 e. The fourth-order valence-electron chi connectivity index (χ4n) is 3.72. The minimum Gasteiger partial charge on any atom is -0.506 e. The van der Waals surface area contributed by atoms with Gasteiger partial charge in [-0.3, -0.25) is 4.90 Å². The summed E-state index contributed by atoms with van der Waals surface area (Å²) in [4.78, 5) is 38.8. The molecule has 2 aromatic carbocycles. The number of ether oxygens (including phenoxy) is 3. The van der Waals surface area contributed by atoms with E-state index >= 15 is 0 Å². The minimum absolute atomic E-state index is 0.0303. The monoisotopic (exact) mass is 463 g/mol. The van der Waals surface area contributed by atoms with Crippen molar-refractivity contribution < 1.29 is 33.7 Å². The predicted octanol–water partition coefficient (Wildman–Crippen LogP) is 2.08. The molecule has 1 aliphatic heterocycles. The number of carbonyl (C=O) groups is 3. The average Bonchev–Trinajstić information content (AvgIpc) is 2.87. The lowest BCUT2D eigenvalue weighted by molar-refractivity contribution is -0.139. The maximum atomic E-state index is 13.0. The minimum atomic E-state index is -1.04. The molecule has 0 aliphatic carbocycles. The van der Waals surface area contributed by atoms with Gasteiger partial charge in [0.15, 0.2) is 0 Å². The standard InChI is InChI=1S/C24H21N3O7/c1-32-22(29)14-9-10-16(17(28)11-14)27-20(24(31)34-3)19(23(30)33-2)18(15(12-25)21(27)26)13-7-5-4-6-8-13/h4-11,18,28H,26H2,1-3H3. The second-order valence-electron chi connectivity index (χ2n) is 7.03. The normalized spacial score (nSPS) is 15.5. The van der Waals surface area contributed by atoms with E-state index in [4.69, 9.17) is 15.2 Å². The highest BCUT2D eigenvalue weighted by Crippen LogP contribution is 2.45. The lowest BCUT2D eigenvalue weighted by Crippen LogP contribution is -2.40. The molecule has 3 rings (SSSR count). The molecule has 34 heavy (non-hydrogen) atoms. The van der Waals surface area contributed by atoms with E-state index in [0.29, 0.717) is 5.56 Å². The van der Waals surface area contributed by atoms with Crippen LogP contribution in [0.5, 0.6) is 5.75 Å². The van der Waals surface area contributed by atoms with Crippen molar-refractivity contribution in [2.24, 2.45) is 5.73 Å². The molecule has 3 N–H and O–H groups in total. The first kappa shape index (κ1) is 23.9. The van der Waals surface area contributed by atoms with Gasteiger partial charge in [-0.2, -0.15) is 5.26 Å². The fourth-order valence-corrected chi connectivity index (χ4v) is 3.72. The van der Waals surface area contributed by atoms with E-state index in [1.165, 1.54) is 19.2 Å². The topological polar surface area (TPSA) is 152 Å². The highest BCUT2D eigenvalue weighted by molar-refractivity contribution is 6.06. The van der Waals surface area contributed by atoms with Gasteiger partial charge in [0.05, 0.1) is 55.7 Å². The number of nitrogens with two attached hydrogens (primary N) is 1. The molecule has 0 saturated carbocycles. The number of hydrogen-bond donors (Lipinski definition) is 2. The number of anilines is 1. The molecule has 2 aromatic rings. The summed E-state index contributed by atoms with van der Waals surface area (Å²) in [6.07, 6.45) is 0. The zero-order valence-corrected chi connectivity index (χ0v) is 18.6. The van der Waals surface area contributed by atoms with Gasteiger partial charge in [-0.25, -0.2) is 14.4 Å². The van der Waals surface area contributed by atoms with Gasteiger partial charge in [0.25, 0.3) is 0 Å². The number of aromatic hydroxyl groups is 1. The van der Waals surface area contributed by atoms with E-state index in [1.54, 1.807) is 30.3 Å². The number of phenols is 1. The molecule has 10 heteroatoms. The number of nitriles is 1. The van der Waals surface area contributed by atoms with Crippen LogP contribution in [0, 0.1) is 11.3 Å². The first-order chi connectivity index (χ1) is 16.3. The molecule has 1 heterocycles. The van der Waals surface area contributed by atoms with Crippen LogP contribution in [-0.4, -0.2) is 44.3 Å². The molecule has 0 radical (unpaired) electrons. The summed E-state index contributed by atoms with van der Waals surface area (Å²) in [7, 11) is 3.43. The molecule has 0 fully saturated rings. The van der Waals surface area contributed by atoms with Crippen LogP contribution in [0.25, 0.3) is 0 Å². The van der Waals surface area contributed by atoms with Crippen molar-refractivity contribution in [1.82, 2.24) is 0 Å². The highest BCUT2D eigenvalue weighted by atomic mass is 16.5. The summed E-state index contributed by atoms with van der Waals surface area (Å²) in [6, 6.07) is 14.2. The Balaban J connectivity index is 2.39. The van der Waals surface area contributed by atoms with E-state index in [2.05, 4.69) is 4.74 Å². The molecule has 1 unspecified atom stereocenters. The van der Waals surface area contributed by atoms with Crippen molar-refractivity contribution in [2.45, 2.75) is 5.92 Å². The molecule has 0 bridgehead atoms. The zero-order chi connectivity index (χ0) is 25.0. The highest BCUT2D eigenvalue weighted by Gasteiger charge is 2.43. The third-order valence-corrected chi connectivity index (χ3v) is 5.25. The maximum Gasteiger partial charge on any atom is 0.355 e. The Hall–Kier alpha value is -4.78. The number of carbonyl (C=O) groups excluding carboxylic acids is 3. The van der Waals surface area contributed by atoms with Gasteiger partial charge in [-0.05, 0) is 23.8 Å². The molecular formula is C24H21N3O7. The molecular weight excluding hydrogens is 442 g/mol. The van der Waals surface area contributed by atoms with Crippen molar-refractivity contribution in [3.05, 3.63) is 82.3 Å². The van der Waals surface area contributed by atoms with Crippen LogP contribution in [0.15, 0.2) is 71.2 Å². The van der Waals surface area contributed by atoms with E-state index in [-0.39, 0.29) is 33.9 Å². The van der Waals surface area contributed by atoms with Crippen LogP contribution in [0.2, 0.25) is 0 Å². The number of methoxy groups -OCH3 is 3. The SMILES string of the molecule is COC(=O)C1=C(C(=O)OC)N(c2ccc(C(=O)OC)cc2O)C(N)=C(C#N)C1c1ccccc1. The van der Waals surface area contributed by atoms with Gasteiger partial charge in [-0.15, -0.1) is 0 Å². The van der Waals surface area contributed by atoms with Gasteiger partial charge in [0.1, 0.15) is 17.3 Å². The van der Waals surface area contributed by atoms with Gasteiger partial charge in [0, 0.05) is 0 Å². The quantitative estimate of drug-likeness (QED) is 0.498. The van der Waals surface area contributed by atoms with E-state index in [0.717, 1.165) is 25.2 Å². The third kappa shape index (κ3) is 4.02. The second kappa shape index (κ2) is 9.79. The Morgan fingerprint density at radius 3 is 2.12 bits per heavy atom. The molecule has 174 valence electrons. The first-order valence-corrected chi connectivity index (χ1v) is 9.87. The zero-order valence-electron chi connectivity index (χ0n) is 18.6. The number of nitrogens with zero attached hydrogens (tertiary/aromatic N) is 2. The van der Waals surface area contributed by atoms with Gasteiger partial charge < -0.3 is 25.1 Å². The Morgan fingerprint density at radius 2 is 1.59 bits per heavy atom. The van der Waals surface area contributed by atoms with Gasteiger partial charge in [-0.1, -0.05) is 30.3 Å². The lowest BCUT2D eigenvalue weighted by atomic mass is 9.81. The summed E-state index contributed by atoms with van der Waals surface area (Å²) in [5.41, 5.74) is 6.21. The van der Waals surface area contributed by atoms with Crippen LogP contribution < -0.4 is 10.6 Å². The predicted molar refractivity (Wildman–Crippen MR) is 119 cm³/mol. The number of hydrogen-bond acceptors (Lipinski definition) is 10. The first-order valence-electron chi connectivity index (χ1n) is 9.87. The number of esters is 3. The molecule has 1 atom stereocenters. The summed E-state index contributed by atoms with van der Waals surface area (Å²) in [5.74, 6) is -4.29. The lowest BCUT2D eigenvalue weighted by Gasteiger charge is -2.36. The molecule has 0 aromatic heterocycles. The smallest absolute Gasteiger partial charge is 0.355 e. The van der Waals surface area contributed by atoms with Crippen molar-refractivity contribution in [3.8, 4) is 11.8 Å². The van der Waals surface area contributed by atoms with Crippen molar-refractivity contribution >= 4 is 23.6 Å². The Labute approximate surface area is 195 Å². The van der Waals surface area contributed by atoms with E-state index < -0.39 is 29.6 Å². The molecule has 1 aliphatic rings. The fraction of sp³-hybridized carbons (Fsp3) is 0.167. The van der Waals surface area contributed by atoms with Crippen molar-refractivity contribution in [3.63, 3.8) is 0 Å². The van der Waals surface area contributed by atoms with Crippen molar-refractivity contribution in [2.75, 3.05) is 26.2 Å². The van der Waals surface area contributed by atoms with Crippen molar-refractivity contribution in [1.29, 1.82) is 5.26 Å². The van der Waals surface area contributed by atoms with Gasteiger partial charge >= 0.3 is 17.9 Å². The van der Waals surface area contributed by atoms with Crippen LogP contribution in [0.3, 0.4) is 0 Å². The molecule has 10 nitrogen and oxygen atoms in total. The van der Waals surface area contributed by atoms with Crippen LogP contribution in [0.4, 0.5) is 5.69 Å². The number of benzene rings is 2. The average molecular weight is 463 g/mol. The summed E-state index contributed by atoms with van der Waals surface area (Å²) in [5, 5.41) is 20.7. The molecule has 0 amide bonds. The Bertz CT molecular complexity index is 1260. The van der Waals surface area contributed by atoms with Crippen LogP contribution in [-0.2, 0) is 23.8 Å². The summed E-state index contributed by atoms with van der Waals surface area (Å²) in [6.45, 7) is 0. The van der Waals surface area contributed by atoms with E-state index in [1.807, 2.05) is 6.07 Å². The summed E-state index contributed by atoms with van der Waals surface area (Å²) >= 11 is 0.